The van der Waals surface area contributed by atoms with E-state index in [2.05, 4.69) is 13.5 Å². The normalized spacial score (nSPS) is 47.7. The predicted octanol–water partition coefficient (Wildman–Crippen LogP) is 4.19. The molecule has 0 aliphatic heterocycles. The van der Waals surface area contributed by atoms with Crippen LogP contribution in [0.1, 0.15) is 64.7 Å². The third-order valence-corrected chi connectivity index (χ3v) is 7.75. The van der Waals surface area contributed by atoms with Crippen LogP contribution < -0.4 is 0 Å². The van der Waals surface area contributed by atoms with Crippen LogP contribution in [0.2, 0.25) is 0 Å². The molecule has 0 aromatic heterocycles. The lowest BCUT2D eigenvalue weighted by Crippen LogP contribution is -2.50. The van der Waals surface area contributed by atoms with E-state index in [0.29, 0.717) is 17.6 Å². The molecule has 2 heteroatoms. The fraction of sp³-hybridized carbons (Fsp3) is 0.750. The van der Waals surface area contributed by atoms with Crippen molar-refractivity contribution in [3.63, 3.8) is 0 Å². The fourth-order valence-corrected chi connectivity index (χ4v) is 6.44. The summed E-state index contributed by atoms with van der Waals surface area (Å²) in [6.07, 6.45) is 11.0. The van der Waals surface area contributed by atoms with Crippen molar-refractivity contribution in [2.75, 3.05) is 0 Å². The van der Waals surface area contributed by atoms with Crippen molar-refractivity contribution in [3.8, 4) is 0 Å². The molecule has 2 saturated carbocycles. The molecule has 4 aliphatic carbocycles. The van der Waals surface area contributed by atoms with E-state index in [0.717, 1.165) is 50.9 Å². The van der Waals surface area contributed by atoms with E-state index in [9.17, 15) is 9.90 Å². The van der Waals surface area contributed by atoms with Gasteiger partial charge in [0.05, 0.1) is 5.60 Å². The van der Waals surface area contributed by atoms with Crippen molar-refractivity contribution in [2.24, 2.45) is 23.2 Å². The molecule has 2 nitrogen and oxygen atoms in total. The second kappa shape index (κ2) is 4.80. The van der Waals surface area contributed by atoms with E-state index < -0.39 is 5.60 Å². The zero-order valence-corrected chi connectivity index (χ0v) is 13.7. The van der Waals surface area contributed by atoms with Crippen molar-refractivity contribution < 1.29 is 9.90 Å². The second-order valence-corrected chi connectivity index (χ2v) is 8.38. The Morgan fingerprint density at radius 2 is 2.00 bits per heavy atom. The SMILES string of the molecule is C=C[C@@]1(O)CC[C@H]2[C@@H]3CCC4=C(CCC(=O)C4)[C@H]3CC[C@@]21C. The van der Waals surface area contributed by atoms with Crippen molar-refractivity contribution in [3.05, 3.63) is 23.8 Å². The average molecular weight is 300 g/mol. The lowest BCUT2D eigenvalue weighted by Gasteiger charge is -2.53. The first-order valence-corrected chi connectivity index (χ1v) is 9.07. The smallest absolute Gasteiger partial charge is 0.137 e. The van der Waals surface area contributed by atoms with Crippen LogP contribution in [0, 0.1) is 23.2 Å². The van der Waals surface area contributed by atoms with Crippen LogP contribution in [0.4, 0.5) is 0 Å². The molecule has 2 fully saturated rings. The van der Waals surface area contributed by atoms with Crippen LogP contribution in [0.25, 0.3) is 0 Å². The molecule has 5 atom stereocenters. The maximum absolute atomic E-state index is 11.8. The Bertz CT molecular complexity index is 560. The molecule has 1 N–H and O–H groups in total. The maximum Gasteiger partial charge on any atom is 0.137 e. The topological polar surface area (TPSA) is 37.3 Å². The summed E-state index contributed by atoms with van der Waals surface area (Å²) in [5.74, 6) is 2.49. The van der Waals surface area contributed by atoms with Gasteiger partial charge in [0.2, 0.25) is 0 Å². The molecule has 0 aromatic carbocycles. The van der Waals surface area contributed by atoms with Crippen molar-refractivity contribution >= 4 is 5.78 Å². The number of Topliss-reactive ketones (excluding diaryl/α,β-unsaturated/α-hetero) is 1. The molecule has 22 heavy (non-hydrogen) atoms. The van der Waals surface area contributed by atoms with Gasteiger partial charge in [0.25, 0.3) is 0 Å². The summed E-state index contributed by atoms with van der Waals surface area (Å²) in [5, 5.41) is 11.0. The molecule has 0 heterocycles. The van der Waals surface area contributed by atoms with Crippen LogP contribution in [0.3, 0.4) is 0 Å². The van der Waals surface area contributed by atoms with Gasteiger partial charge in [-0.25, -0.2) is 0 Å². The third-order valence-electron chi connectivity index (χ3n) is 7.75. The average Bonchev–Trinajstić information content (AvgIpc) is 2.79. The minimum Gasteiger partial charge on any atom is -0.385 e. The van der Waals surface area contributed by atoms with E-state index in [1.54, 1.807) is 5.57 Å². The zero-order chi connectivity index (χ0) is 15.5. The largest absolute Gasteiger partial charge is 0.385 e. The van der Waals surface area contributed by atoms with Gasteiger partial charge in [0, 0.05) is 18.3 Å². The summed E-state index contributed by atoms with van der Waals surface area (Å²) >= 11 is 0. The van der Waals surface area contributed by atoms with Crippen LogP contribution >= 0.6 is 0 Å². The highest BCUT2D eigenvalue weighted by Crippen LogP contribution is 2.64. The van der Waals surface area contributed by atoms with Crippen LogP contribution in [-0.4, -0.2) is 16.5 Å². The van der Waals surface area contributed by atoms with Gasteiger partial charge in [-0.3, -0.25) is 4.79 Å². The Morgan fingerprint density at radius 3 is 2.77 bits per heavy atom. The van der Waals surface area contributed by atoms with Gasteiger partial charge in [0.1, 0.15) is 5.78 Å². The van der Waals surface area contributed by atoms with Crippen LogP contribution in [0.15, 0.2) is 23.8 Å². The van der Waals surface area contributed by atoms with E-state index in [1.807, 2.05) is 6.08 Å². The summed E-state index contributed by atoms with van der Waals surface area (Å²) < 4.78 is 0. The Kier molecular flexibility index (Phi) is 3.21. The molecule has 0 spiro atoms. The summed E-state index contributed by atoms with van der Waals surface area (Å²) in [7, 11) is 0. The monoisotopic (exact) mass is 300 g/mol. The molecule has 0 amide bonds. The molecular formula is C20H28O2. The van der Waals surface area contributed by atoms with Gasteiger partial charge < -0.3 is 5.11 Å². The molecule has 4 aliphatic rings. The predicted molar refractivity (Wildman–Crippen MR) is 87.3 cm³/mol. The second-order valence-electron chi connectivity index (χ2n) is 8.38. The van der Waals surface area contributed by atoms with E-state index in [-0.39, 0.29) is 5.41 Å². The number of hydrogen-bond acceptors (Lipinski definition) is 2. The number of fused-ring (bicyclic) bond motifs is 4. The van der Waals surface area contributed by atoms with Gasteiger partial charge in [0.15, 0.2) is 0 Å². The number of carbonyl (C=O) groups is 1. The lowest BCUT2D eigenvalue weighted by atomic mass is 9.52. The Hall–Kier alpha value is -0.890. The highest BCUT2D eigenvalue weighted by molar-refractivity contribution is 5.82. The maximum atomic E-state index is 11.8. The van der Waals surface area contributed by atoms with E-state index in [4.69, 9.17) is 0 Å². The van der Waals surface area contributed by atoms with Gasteiger partial charge >= 0.3 is 0 Å². The molecule has 120 valence electrons. The minimum atomic E-state index is -0.667. The van der Waals surface area contributed by atoms with Crippen LogP contribution in [0.5, 0.6) is 0 Å². The zero-order valence-electron chi connectivity index (χ0n) is 13.7. The molecule has 0 aromatic rings. The fourth-order valence-electron chi connectivity index (χ4n) is 6.44. The molecule has 0 saturated heterocycles. The van der Waals surface area contributed by atoms with Crippen LogP contribution in [-0.2, 0) is 4.79 Å². The number of rotatable bonds is 1. The van der Waals surface area contributed by atoms with Gasteiger partial charge in [-0.2, -0.15) is 0 Å². The standard InChI is InChI=1S/C20H28O2/c1-3-20(22)11-9-18-17-6-4-13-12-14(21)5-7-15(13)16(17)8-10-19(18,20)2/h3,16-18,22H,1,4-12H2,2H3/t16-,17-,18+,19+,20-/m1/s1. The first-order valence-electron chi connectivity index (χ1n) is 9.07. The van der Waals surface area contributed by atoms with Crippen molar-refractivity contribution in [2.45, 2.75) is 70.3 Å². The van der Waals surface area contributed by atoms with E-state index in [1.165, 1.54) is 18.4 Å². The number of ketones is 1. The number of carbonyl (C=O) groups excluding carboxylic acids is 1. The summed E-state index contributed by atoms with van der Waals surface area (Å²) in [4.78, 5) is 11.8. The Balaban J connectivity index is 1.67. The summed E-state index contributed by atoms with van der Waals surface area (Å²) in [5.41, 5.74) is 2.48. The molecule has 4 rings (SSSR count). The molecule has 0 bridgehead atoms. The minimum absolute atomic E-state index is 0.0124. The highest BCUT2D eigenvalue weighted by atomic mass is 16.3. The molecule has 0 unspecified atom stereocenters. The summed E-state index contributed by atoms with van der Waals surface area (Å²) in [6.45, 7) is 6.23. The van der Waals surface area contributed by atoms with Gasteiger partial charge in [-0.05, 0) is 62.7 Å². The summed E-state index contributed by atoms with van der Waals surface area (Å²) in [6, 6.07) is 0. The number of allylic oxidation sites excluding steroid dienone is 2. The first kappa shape index (κ1) is 14.7. The molecule has 0 radical (unpaired) electrons. The lowest BCUT2D eigenvalue weighted by molar-refractivity contribution is -0.119. The van der Waals surface area contributed by atoms with Crippen molar-refractivity contribution in [1.82, 2.24) is 0 Å². The van der Waals surface area contributed by atoms with Gasteiger partial charge in [-0.1, -0.05) is 24.1 Å². The quantitative estimate of drug-likeness (QED) is 0.737. The highest BCUT2D eigenvalue weighted by Gasteiger charge is 2.60. The molecular weight excluding hydrogens is 272 g/mol. The number of aliphatic hydroxyl groups is 1. The Morgan fingerprint density at radius 1 is 1.18 bits per heavy atom. The van der Waals surface area contributed by atoms with Crippen molar-refractivity contribution in [1.29, 1.82) is 0 Å². The van der Waals surface area contributed by atoms with Gasteiger partial charge in [-0.15, -0.1) is 6.58 Å². The number of hydrogen-bond donors (Lipinski definition) is 1. The van der Waals surface area contributed by atoms with E-state index >= 15 is 0 Å². The third kappa shape index (κ3) is 1.79. The first-order chi connectivity index (χ1) is 10.5. The Labute approximate surface area is 133 Å².